The van der Waals surface area contributed by atoms with E-state index in [0.717, 1.165) is 6.42 Å². The molecule has 1 amide bonds. The Morgan fingerprint density at radius 3 is 2.57 bits per heavy atom. The van der Waals surface area contributed by atoms with E-state index in [4.69, 9.17) is 10.1 Å². The first-order valence-corrected chi connectivity index (χ1v) is 4.83. The highest BCUT2D eigenvalue weighted by atomic mass is 16.6. The van der Waals surface area contributed by atoms with Crippen molar-refractivity contribution < 1.29 is 9.53 Å². The fourth-order valence-electron chi connectivity index (χ4n) is 0.914. The summed E-state index contributed by atoms with van der Waals surface area (Å²) in [6.07, 6.45) is 2.39. The van der Waals surface area contributed by atoms with Gasteiger partial charge in [-0.15, -0.1) is 0 Å². The van der Waals surface area contributed by atoms with E-state index < -0.39 is 11.7 Å². The van der Waals surface area contributed by atoms with Gasteiger partial charge >= 0.3 is 6.09 Å². The van der Waals surface area contributed by atoms with Crippen molar-refractivity contribution in [1.82, 2.24) is 5.32 Å². The fourth-order valence-corrected chi connectivity index (χ4v) is 0.914. The number of nitrogens with one attached hydrogen (secondary N) is 2. The van der Waals surface area contributed by atoms with Crippen molar-refractivity contribution in [3.8, 4) is 0 Å². The minimum absolute atomic E-state index is 0.0476. The Hall–Kier alpha value is -1.06. The van der Waals surface area contributed by atoms with Crippen molar-refractivity contribution in [3.63, 3.8) is 0 Å². The molecule has 14 heavy (non-hydrogen) atoms. The van der Waals surface area contributed by atoms with Gasteiger partial charge < -0.3 is 15.5 Å². The maximum atomic E-state index is 11.2. The molecule has 1 unspecified atom stereocenters. The molecule has 2 N–H and O–H groups in total. The Morgan fingerprint density at radius 2 is 2.14 bits per heavy atom. The zero-order valence-electron chi connectivity index (χ0n) is 9.39. The highest BCUT2D eigenvalue weighted by molar-refractivity contribution is 5.68. The summed E-state index contributed by atoms with van der Waals surface area (Å²) < 4.78 is 5.08. The number of carbonyl (C=O) groups is 1. The van der Waals surface area contributed by atoms with E-state index >= 15 is 0 Å². The van der Waals surface area contributed by atoms with E-state index in [1.165, 1.54) is 6.21 Å². The molecule has 0 saturated carbocycles. The number of alkyl carbamates (subject to hydrolysis) is 1. The van der Waals surface area contributed by atoms with Crippen LogP contribution in [0.25, 0.3) is 0 Å². The summed E-state index contributed by atoms with van der Waals surface area (Å²) in [6.45, 7) is 7.38. The average molecular weight is 200 g/mol. The number of ether oxygens (including phenoxy) is 1. The highest BCUT2D eigenvalue weighted by Crippen LogP contribution is 2.07. The lowest BCUT2D eigenvalue weighted by atomic mass is 10.2. The highest BCUT2D eigenvalue weighted by Gasteiger charge is 2.17. The Kier molecular flexibility index (Phi) is 5.20. The molecule has 82 valence electrons. The topological polar surface area (TPSA) is 62.2 Å². The molecule has 0 bridgehead atoms. The summed E-state index contributed by atoms with van der Waals surface area (Å²) in [6, 6.07) is 0.0476. The zero-order valence-corrected chi connectivity index (χ0v) is 9.39. The van der Waals surface area contributed by atoms with E-state index in [-0.39, 0.29) is 6.04 Å². The molecule has 4 nitrogen and oxygen atoms in total. The molecule has 0 aliphatic heterocycles. The number of rotatable bonds is 4. The molecule has 0 aromatic rings. The first-order chi connectivity index (χ1) is 6.35. The SMILES string of the molecule is CC(CCC=N)NC(=O)OC(C)(C)C. The van der Waals surface area contributed by atoms with Crippen LogP contribution in [-0.2, 0) is 4.74 Å². The van der Waals surface area contributed by atoms with Crippen molar-refractivity contribution in [2.24, 2.45) is 0 Å². The summed E-state index contributed by atoms with van der Waals surface area (Å²) in [5.41, 5.74) is -0.453. The largest absolute Gasteiger partial charge is 0.444 e. The van der Waals surface area contributed by atoms with Crippen LogP contribution in [0.4, 0.5) is 4.79 Å². The average Bonchev–Trinajstić information content (AvgIpc) is 1.96. The van der Waals surface area contributed by atoms with Gasteiger partial charge in [-0.25, -0.2) is 4.79 Å². The molecule has 0 aliphatic carbocycles. The van der Waals surface area contributed by atoms with Crippen molar-refractivity contribution in [2.75, 3.05) is 0 Å². The number of carbonyl (C=O) groups excluding carboxylic acids is 1. The van der Waals surface area contributed by atoms with Gasteiger partial charge in [0.05, 0.1) is 0 Å². The van der Waals surface area contributed by atoms with Crippen molar-refractivity contribution in [3.05, 3.63) is 0 Å². The number of amides is 1. The molecular formula is C10H20N2O2. The van der Waals surface area contributed by atoms with Gasteiger partial charge in [-0.2, -0.15) is 0 Å². The van der Waals surface area contributed by atoms with Crippen molar-refractivity contribution in [2.45, 2.75) is 52.2 Å². The van der Waals surface area contributed by atoms with Crippen LogP contribution in [0.5, 0.6) is 0 Å². The third-order valence-electron chi connectivity index (χ3n) is 1.51. The van der Waals surface area contributed by atoms with Gasteiger partial charge in [0.15, 0.2) is 0 Å². The minimum atomic E-state index is -0.453. The monoisotopic (exact) mass is 200 g/mol. The van der Waals surface area contributed by atoms with E-state index in [1.807, 2.05) is 27.7 Å². The van der Waals surface area contributed by atoms with Gasteiger partial charge in [-0.1, -0.05) is 0 Å². The lowest BCUT2D eigenvalue weighted by Gasteiger charge is -2.21. The normalized spacial score (nSPS) is 13.1. The summed E-state index contributed by atoms with van der Waals surface area (Å²) >= 11 is 0. The standard InChI is InChI=1S/C10H20N2O2/c1-8(6-5-7-11)12-9(13)14-10(2,3)4/h7-8,11H,5-6H2,1-4H3,(H,12,13). The third-order valence-corrected chi connectivity index (χ3v) is 1.51. The van der Waals surface area contributed by atoms with E-state index in [9.17, 15) is 4.79 Å². The second-order valence-corrected chi connectivity index (χ2v) is 4.33. The number of hydrogen-bond donors (Lipinski definition) is 2. The maximum Gasteiger partial charge on any atom is 0.407 e. The molecule has 0 aromatic heterocycles. The Labute approximate surface area is 85.5 Å². The summed E-state index contributed by atoms with van der Waals surface area (Å²) in [7, 11) is 0. The zero-order chi connectivity index (χ0) is 11.2. The summed E-state index contributed by atoms with van der Waals surface area (Å²) in [5, 5.41) is 9.56. The van der Waals surface area contributed by atoms with E-state index in [1.54, 1.807) is 0 Å². The molecule has 0 radical (unpaired) electrons. The summed E-state index contributed by atoms with van der Waals surface area (Å²) in [4.78, 5) is 11.2. The van der Waals surface area contributed by atoms with Crippen LogP contribution in [-0.4, -0.2) is 24.0 Å². The molecule has 0 rings (SSSR count). The second-order valence-electron chi connectivity index (χ2n) is 4.33. The van der Waals surface area contributed by atoms with E-state index in [2.05, 4.69) is 5.32 Å². The molecule has 0 spiro atoms. The fraction of sp³-hybridized carbons (Fsp3) is 0.800. The van der Waals surface area contributed by atoms with Gasteiger partial charge in [-0.3, -0.25) is 0 Å². The van der Waals surface area contributed by atoms with Crippen LogP contribution in [0.1, 0.15) is 40.5 Å². The van der Waals surface area contributed by atoms with Crippen LogP contribution in [0.3, 0.4) is 0 Å². The molecule has 0 fully saturated rings. The van der Waals surface area contributed by atoms with Gasteiger partial charge in [0.1, 0.15) is 5.60 Å². The first-order valence-electron chi connectivity index (χ1n) is 4.83. The van der Waals surface area contributed by atoms with Crippen LogP contribution in [0.2, 0.25) is 0 Å². The van der Waals surface area contributed by atoms with E-state index in [0.29, 0.717) is 6.42 Å². The van der Waals surface area contributed by atoms with Gasteiger partial charge in [-0.05, 0) is 46.8 Å². The van der Waals surface area contributed by atoms with Crippen LogP contribution >= 0.6 is 0 Å². The molecule has 0 saturated heterocycles. The first kappa shape index (κ1) is 12.9. The lowest BCUT2D eigenvalue weighted by Crippen LogP contribution is -2.37. The quantitative estimate of drug-likeness (QED) is 0.684. The molecule has 0 aliphatic rings. The Balaban J connectivity index is 3.76. The van der Waals surface area contributed by atoms with Gasteiger partial charge in [0, 0.05) is 6.04 Å². The lowest BCUT2D eigenvalue weighted by molar-refractivity contribution is 0.0507. The second kappa shape index (κ2) is 5.62. The Bertz CT molecular complexity index is 197. The predicted molar refractivity (Wildman–Crippen MR) is 56.8 cm³/mol. The maximum absolute atomic E-state index is 11.2. The molecule has 4 heteroatoms. The smallest absolute Gasteiger partial charge is 0.407 e. The Morgan fingerprint density at radius 1 is 1.57 bits per heavy atom. The third kappa shape index (κ3) is 7.58. The molecule has 0 aromatic carbocycles. The van der Waals surface area contributed by atoms with Crippen molar-refractivity contribution >= 4 is 12.3 Å². The molecule has 1 atom stereocenters. The van der Waals surface area contributed by atoms with Crippen LogP contribution < -0.4 is 5.32 Å². The van der Waals surface area contributed by atoms with Crippen molar-refractivity contribution in [1.29, 1.82) is 5.41 Å². The van der Waals surface area contributed by atoms with Gasteiger partial charge in [0.25, 0.3) is 0 Å². The number of hydrogen-bond acceptors (Lipinski definition) is 3. The van der Waals surface area contributed by atoms with Gasteiger partial charge in [0.2, 0.25) is 0 Å². The van der Waals surface area contributed by atoms with Crippen LogP contribution in [0.15, 0.2) is 0 Å². The molecular weight excluding hydrogens is 180 g/mol. The molecule has 0 heterocycles. The predicted octanol–water partition coefficient (Wildman–Crippen LogP) is 2.33. The minimum Gasteiger partial charge on any atom is -0.444 e. The van der Waals surface area contributed by atoms with Crippen LogP contribution in [0, 0.1) is 5.41 Å². The summed E-state index contributed by atoms with van der Waals surface area (Å²) in [5.74, 6) is 0.